The van der Waals surface area contributed by atoms with Crippen molar-refractivity contribution in [1.82, 2.24) is 4.98 Å². The van der Waals surface area contributed by atoms with Gasteiger partial charge in [-0.1, -0.05) is 0 Å². The number of carboxylic acid groups (broad SMARTS) is 2. The van der Waals surface area contributed by atoms with Gasteiger partial charge in [-0.05, 0) is 12.1 Å². The molecule has 0 amide bonds. The molecule has 2 atom stereocenters. The molecule has 16 heavy (non-hydrogen) atoms. The summed E-state index contributed by atoms with van der Waals surface area (Å²) in [4.78, 5) is 24.6. The summed E-state index contributed by atoms with van der Waals surface area (Å²) in [6.07, 6.45) is -2.70. The van der Waals surface area contributed by atoms with E-state index < -0.39 is 24.1 Å². The summed E-state index contributed by atoms with van der Waals surface area (Å²) in [5, 5.41) is 35.5. The number of carboxylic acids is 2. The molecule has 0 aliphatic rings. The van der Waals surface area contributed by atoms with Gasteiger partial charge in [0.05, 0.1) is 11.3 Å². The van der Waals surface area contributed by atoms with Gasteiger partial charge in [-0.15, -0.1) is 0 Å². The highest BCUT2D eigenvalue weighted by molar-refractivity contribution is 5.87. The van der Waals surface area contributed by atoms with E-state index in [-0.39, 0.29) is 11.3 Å². The molecule has 0 saturated carbocycles. The zero-order valence-corrected chi connectivity index (χ0v) is 7.94. The second-order valence-electron chi connectivity index (χ2n) is 3.00. The van der Waals surface area contributed by atoms with Crippen molar-refractivity contribution in [2.75, 3.05) is 0 Å². The van der Waals surface area contributed by atoms with Crippen LogP contribution < -0.4 is 0 Å². The Morgan fingerprint density at radius 2 is 1.88 bits per heavy atom. The molecule has 0 aromatic carbocycles. The van der Waals surface area contributed by atoms with E-state index in [4.69, 9.17) is 15.3 Å². The number of pyridine rings is 1. The van der Waals surface area contributed by atoms with Crippen LogP contribution in [0.25, 0.3) is 0 Å². The fourth-order valence-corrected chi connectivity index (χ4v) is 1.04. The van der Waals surface area contributed by atoms with Crippen LogP contribution in [0.15, 0.2) is 18.3 Å². The molecule has 0 saturated heterocycles. The first-order valence-electron chi connectivity index (χ1n) is 4.21. The Hall–Kier alpha value is -1.99. The lowest BCUT2D eigenvalue weighted by molar-refractivity contribution is -0.153. The number of aromatic carboxylic acids is 1. The average Bonchev–Trinajstić information content (AvgIpc) is 2.27. The molecule has 0 aliphatic carbocycles. The number of hydrogen-bond acceptors (Lipinski definition) is 5. The molecular weight excluding hydrogens is 218 g/mol. The molecule has 86 valence electrons. The molecule has 0 radical (unpaired) electrons. The van der Waals surface area contributed by atoms with Gasteiger partial charge in [0, 0.05) is 6.20 Å². The lowest BCUT2D eigenvalue weighted by Gasteiger charge is -2.13. The van der Waals surface area contributed by atoms with E-state index in [2.05, 4.69) is 4.98 Å². The SMILES string of the molecule is O=C(O)c1ccnc(C(O)C(O)C(=O)O)c1. The number of nitrogens with zero attached hydrogens (tertiary/aromatic N) is 1. The van der Waals surface area contributed by atoms with Crippen LogP contribution in [0.1, 0.15) is 22.2 Å². The third-order valence-electron chi connectivity index (χ3n) is 1.88. The number of aliphatic carboxylic acids is 1. The molecule has 7 nitrogen and oxygen atoms in total. The number of rotatable bonds is 4. The fourth-order valence-electron chi connectivity index (χ4n) is 1.04. The van der Waals surface area contributed by atoms with Crippen molar-refractivity contribution in [1.29, 1.82) is 0 Å². The van der Waals surface area contributed by atoms with Crippen molar-refractivity contribution < 1.29 is 30.0 Å². The van der Waals surface area contributed by atoms with Crippen LogP contribution in [0.5, 0.6) is 0 Å². The Morgan fingerprint density at radius 1 is 1.25 bits per heavy atom. The molecule has 7 heteroatoms. The van der Waals surface area contributed by atoms with E-state index in [1.54, 1.807) is 0 Å². The van der Waals surface area contributed by atoms with Gasteiger partial charge >= 0.3 is 11.9 Å². The number of hydrogen-bond donors (Lipinski definition) is 4. The van der Waals surface area contributed by atoms with E-state index in [1.165, 1.54) is 6.07 Å². The van der Waals surface area contributed by atoms with Crippen molar-refractivity contribution >= 4 is 11.9 Å². The first kappa shape index (κ1) is 12.1. The summed E-state index contributed by atoms with van der Waals surface area (Å²) in [5.74, 6) is -2.85. The van der Waals surface area contributed by atoms with Gasteiger partial charge < -0.3 is 20.4 Å². The summed E-state index contributed by atoms with van der Waals surface area (Å²) in [7, 11) is 0. The predicted octanol–water partition coefficient (Wildman–Crippen LogP) is -0.741. The van der Waals surface area contributed by atoms with Crippen LogP contribution in [0, 0.1) is 0 Å². The monoisotopic (exact) mass is 227 g/mol. The van der Waals surface area contributed by atoms with Crippen LogP contribution in [-0.2, 0) is 4.79 Å². The largest absolute Gasteiger partial charge is 0.479 e. The van der Waals surface area contributed by atoms with Gasteiger partial charge in [0.2, 0.25) is 0 Å². The molecule has 1 rings (SSSR count). The maximum atomic E-state index is 10.6. The first-order valence-corrected chi connectivity index (χ1v) is 4.21. The Bertz CT molecular complexity index is 418. The Labute approximate surface area is 89.6 Å². The maximum absolute atomic E-state index is 10.6. The summed E-state index contributed by atoms with van der Waals surface area (Å²) >= 11 is 0. The number of aromatic nitrogens is 1. The molecule has 1 aromatic heterocycles. The zero-order valence-electron chi connectivity index (χ0n) is 7.94. The summed E-state index contributed by atoms with van der Waals surface area (Å²) < 4.78 is 0. The highest BCUT2D eigenvalue weighted by Crippen LogP contribution is 2.15. The first-order chi connectivity index (χ1) is 7.43. The van der Waals surface area contributed by atoms with Crippen LogP contribution in [0.2, 0.25) is 0 Å². The second-order valence-corrected chi connectivity index (χ2v) is 3.00. The highest BCUT2D eigenvalue weighted by atomic mass is 16.4. The zero-order chi connectivity index (χ0) is 12.3. The highest BCUT2D eigenvalue weighted by Gasteiger charge is 2.26. The van der Waals surface area contributed by atoms with Crippen LogP contribution in [-0.4, -0.2) is 43.5 Å². The van der Waals surface area contributed by atoms with Crippen molar-refractivity contribution in [3.63, 3.8) is 0 Å². The molecule has 1 heterocycles. The standard InChI is InChI=1S/C9H9NO6/c11-6(7(12)9(15)16)5-3-4(8(13)14)1-2-10-5/h1-3,6-7,11-12H,(H,13,14)(H,15,16). The molecule has 0 spiro atoms. The van der Waals surface area contributed by atoms with Crippen molar-refractivity contribution in [3.05, 3.63) is 29.6 Å². The topological polar surface area (TPSA) is 128 Å². The number of carbonyl (C=O) groups is 2. The van der Waals surface area contributed by atoms with E-state index in [1.807, 2.05) is 0 Å². The third-order valence-corrected chi connectivity index (χ3v) is 1.88. The van der Waals surface area contributed by atoms with Crippen molar-refractivity contribution in [2.24, 2.45) is 0 Å². The minimum Gasteiger partial charge on any atom is -0.479 e. The van der Waals surface area contributed by atoms with Gasteiger partial charge in [-0.25, -0.2) is 9.59 Å². The Kier molecular flexibility index (Phi) is 3.54. The van der Waals surface area contributed by atoms with Gasteiger partial charge in [0.25, 0.3) is 0 Å². The van der Waals surface area contributed by atoms with E-state index in [9.17, 15) is 14.7 Å². The summed E-state index contributed by atoms with van der Waals surface area (Å²) in [6, 6.07) is 2.19. The Morgan fingerprint density at radius 3 is 2.38 bits per heavy atom. The van der Waals surface area contributed by atoms with Crippen LogP contribution in [0.3, 0.4) is 0 Å². The molecule has 4 N–H and O–H groups in total. The lowest BCUT2D eigenvalue weighted by atomic mass is 10.1. The van der Waals surface area contributed by atoms with E-state index in [0.29, 0.717) is 0 Å². The molecular formula is C9H9NO6. The second kappa shape index (κ2) is 4.69. The van der Waals surface area contributed by atoms with Gasteiger partial charge in [0.1, 0.15) is 6.10 Å². The smallest absolute Gasteiger partial charge is 0.335 e. The summed E-state index contributed by atoms with van der Waals surface area (Å²) in [6.45, 7) is 0. The molecule has 2 unspecified atom stereocenters. The van der Waals surface area contributed by atoms with E-state index in [0.717, 1.165) is 12.3 Å². The third kappa shape index (κ3) is 2.53. The maximum Gasteiger partial charge on any atom is 0.335 e. The lowest BCUT2D eigenvalue weighted by Crippen LogP contribution is -2.28. The normalized spacial score (nSPS) is 14.1. The number of aliphatic hydroxyl groups excluding tert-OH is 2. The van der Waals surface area contributed by atoms with Crippen LogP contribution in [0.4, 0.5) is 0 Å². The van der Waals surface area contributed by atoms with Gasteiger partial charge in [0.15, 0.2) is 6.10 Å². The molecule has 0 aliphatic heterocycles. The fraction of sp³-hybridized carbons (Fsp3) is 0.222. The van der Waals surface area contributed by atoms with Crippen LogP contribution >= 0.6 is 0 Å². The van der Waals surface area contributed by atoms with Gasteiger partial charge in [-0.3, -0.25) is 4.98 Å². The summed E-state index contributed by atoms with van der Waals surface area (Å²) in [5.41, 5.74) is -0.364. The molecule has 0 fully saturated rings. The minimum atomic E-state index is -2.04. The molecule has 0 bridgehead atoms. The van der Waals surface area contributed by atoms with Gasteiger partial charge in [-0.2, -0.15) is 0 Å². The van der Waals surface area contributed by atoms with Crippen molar-refractivity contribution in [2.45, 2.75) is 12.2 Å². The van der Waals surface area contributed by atoms with E-state index >= 15 is 0 Å². The minimum absolute atomic E-state index is 0.151. The predicted molar refractivity (Wildman–Crippen MR) is 49.8 cm³/mol. The average molecular weight is 227 g/mol. The number of aliphatic hydroxyl groups is 2. The molecule has 1 aromatic rings. The quantitative estimate of drug-likeness (QED) is 0.533. The Balaban J connectivity index is 3.00. The van der Waals surface area contributed by atoms with Crippen molar-refractivity contribution in [3.8, 4) is 0 Å².